The van der Waals surface area contributed by atoms with Crippen LogP contribution in [0.2, 0.25) is 0 Å². The van der Waals surface area contributed by atoms with Crippen molar-refractivity contribution in [3.8, 4) is 5.75 Å². The Kier molecular flexibility index (Phi) is 6.54. The van der Waals surface area contributed by atoms with Gasteiger partial charge in [0.2, 0.25) is 5.91 Å². The number of hydrogen-bond donors (Lipinski definition) is 0. The molecule has 1 fully saturated rings. The highest BCUT2D eigenvalue weighted by atomic mass is 32.2. The molecule has 1 amide bonds. The molecule has 1 aromatic carbocycles. The van der Waals surface area contributed by atoms with Crippen LogP contribution in [0.3, 0.4) is 0 Å². The molecule has 2 rings (SSSR count). The lowest BCUT2D eigenvalue weighted by Crippen LogP contribution is -2.58. The Morgan fingerprint density at radius 2 is 2.17 bits per heavy atom. The molecule has 0 bridgehead atoms. The predicted molar refractivity (Wildman–Crippen MR) is 96.1 cm³/mol. The Bertz CT molecular complexity index is 550. The molecule has 0 N–H and O–H groups in total. The largest absolute Gasteiger partial charge is 0.497 e. The SMILES string of the molecule is C=CCN1C[C@@H](C)N(C(=O)CSc2cccc(OC)c2)C[C@H]1C. The zero-order chi connectivity index (χ0) is 16.8. The molecule has 126 valence electrons. The number of piperazine rings is 1. The maximum Gasteiger partial charge on any atom is 0.233 e. The van der Waals surface area contributed by atoms with E-state index in [2.05, 4.69) is 25.3 Å². The molecule has 2 atom stereocenters. The molecule has 1 aliphatic heterocycles. The molecule has 0 radical (unpaired) electrons. The number of methoxy groups -OCH3 is 1. The third kappa shape index (κ3) is 4.75. The van der Waals surface area contributed by atoms with Crippen LogP contribution in [-0.4, -0.2) is 60.3 Å². The zero-order valence-electron chi connectivity index (χ0n) is 14.2. The van der Waals surface area contributed by atoms with Crippen molar-refractivity contribution >= 4 is 17.7 Å². The monoisotopic (exact) mass is 334 g/mol. The van der Waals surface area contributed by atoms with Crippen molar-refractivity contribution in [1.29, 1.82) is 0 Å². The Hall–Kier alpha value is -1.46. The molecule has 0 aromatic heterocycles. The Balaban J connectivity index is 1.91. The van der Waals surface area contributed by atoms with E-state index in [0.29, 0.717) is 11.8 Å². The van der Waals surface area contributed by atoms with Crippen LogP contribution in [0.1, 0.15) is 13.8 Å². The molecular formula is C18H26N2O2S. The zero-order valence-corrected chi connectivity index (χ0v) is 15.0. The molecule has 4 nitrogen and oxygen atoms in total. The molecular weight excluding hydrogens is 308 g/mol. The summed E-state index contributed by atoms with van der Waals surface area (Å²) in [5.74, 6) is 1.49. The van der Waals surface area contributed by atoms with E-state index >= 15 is 0 Å². The molecule has 0 unspecified atom stereocenters. The lowest BCUT2D eigenvalue weighted by Gasteiger charge is -2.43. The smallest absolute Gasteiger partial charge is 0.233 e. The Morgan fingerprint density at radius 1 is 1.39 bits per heavy atom. The van der Waals surface area contributed by atoms with E-state index in [4.69, 9.17) is 4.74 Å². The summed E-state index contributed by atoms with van der Waals surface area (Å²) in [6.45, 7) is 10.7. The molecule has 0 aliphatic carbocycles. The summed E-state index contributed by atoms with van der Waals surface area (Å²) in [7, 11) is 1.65. The van der Waals surface area contributed by atoms with Crippen molar-refractivity contribution in [1.82, 2.24) is 9.80 Å². The van der Waals surface area contributed by atoms with Gasteiger partial charge in [0.25, 0.3) is 0 Å². The van der Waals surface area contributed by atoms with Crippen molar-refractivity contribution in [3.05, 3.63) is 36.9 Å². The second kappa shape index (κ2) is 8.41. The highest BCUT2D eigenvalue weighted by molar-refractivity contribution is 8.00. The maximum atomic E-state index is 12.6. The van der Waals surface area contributed by atoms with Gasteiger partial charge in [0, 0.05) is 36.6 Å². The maximum absolute atomic E-state index is 12.6. The number of carbonyl (C=O) groups is 1. The van der Waals surface area contributed by atoms with Gasteiger partial charge < -0.3 is 9.64 Å². The number of amides is 1. The summed E-state index contributed by atoms with van der Waals surface area (Å²) in [5, 5.41) is 0. The van der Waals surface area contributed by atoms with E-state index in [-0.39, 0.29) is 11.9 Å². The number of ether oxygens (including phenoxy) is 1. The molecule has 23 heavy (non-hydrogen) atoms. The van der Waals surface area contributed by atoms with Crippen LogP contribution in [0.25, 0.3) is 0 Å². The normalized spacial score (nSPS) is 22.0. The second-order valence-corrected chi connectivity index (χ2v) is 7.00. The first kappa shape index (κ1) is 17.9. The van der Waals surface area contributed by atoms with Crippen molar-refractivity contribution in [2.75, 3.05) is 32.5 Å². The summed E-state index contributed by atoms with van der Waals surface area (Å²) in [6.07, 6.45) is 1.93. The number of nitrogens with zero attached hydrogens (tertiary/aromatic N) is 2. The van der Waals surface area contributed by atoms with E-state index in [1.807, 2.05) is 35.2 Å². The van der Waals surface area contributed by atoms with Gasteiger partial charge in [-0.1, -0.05) is 12.1 Å². The molecule has 0 spiro atoms. The number of thioether (sulfide) groups is 1. The van der Waals surface area contributed by atoms with Crippen molar-refractivity contribution in [3.63, 3.8) is 0 Å². The summed E-state index contributed by atoms with van der Waals surface area (Å²) >= 11 is 1.57. The highest BCUT2D eigenvalue weighted by Crippen LogP contribution is 2.24. The highest BCUT2D eigenvalue weighted by Gasteiger charge is 2.31. The third-order valence-corrected chi connectivity index (χ3v) is 5.18. The topological polar surface area (TPSA) is 32.8 Å². The quantitative estimate of drug-likeness (QED) is 0.591. The number of rotatable bonds is 6. The van der Waals surface area contributed by atoms with Gasteiger partial charge in [-0.15, -0.1) is 18.3 Å². The number of hydrogen-bond acceptors (Lipinski definition) is 4. The summed E-state index contributed by atoms with van der Waals surface area (Å²) in [5.41, 5.74) is 0. The van der Waals surface area contributed by atoms with Crippen LogP contribution in [0.5, 0.6) is 5.75 Å². The first-order chi connectivity index (χ1) is 11.0. The Labute approximate surface area is 143 Å². The van der Waals surface area contributed by atoms with Crippen LogP contribution in [0.4, 0.5) is 0 Å². The molecule has 1 aromatic rings. The minimum absolute atomic E-state index is 0.204. The van der Waals surface area contributed by atoms with Gasteiger partial charge in [0.1, 0.15) is 5.75 Å². The van der Waals surface area contributed by atoms with E-state index in [9.17, 15) is 4.79 Å². The minimum atomic E-state index is 0.204. The van der Waals surface area contributed by atoms with Gasteiger partial charge in [-0.05, 0) is 32.0 Å². The molecule has 1 saturated heterocycles. The number of benzene rings is 1. The average molecular weight is 334 g/mol. The second-order valence-electron chi connectivity index (χ2n) is 5.95. The van der Waals surface area contributed by atoms with E-state index in [1.165, 1.54) is 0 Å². The lowest BCUT2D eigenvalue weighted by molar-refractivity contribution is -0.134. The van der Waals surface area contributed by atoms with Gasteiger partial charge in [0.05, 0.1) is 12.9 Å². The van der Waals surface area contributed by atoms with Gasteiger partial charge in [-0.25, -0.2) is 0 Å². The van der Waals surface area contributed by atoms with Crippen LogP contribution < -0.4 is 4.74 Å². The van der Waals surface area contributed by atoms with Crippen molar-refractivity contribution in [2.24, 2.45) is 0 Å². The van der Waals surface area contributed by atoms with Gasteiger partial charge >= 0.3 is 0 Å². The lowest BCUT2D eigenvalue weighted by atomic mass is 10.1. The fourth-order valence-electron chi connectivity index (χ4n) is 2.88. The molecule has 1 aliphatic rings. The fourth-order valence-corrected chi connectivity index (χ4v) is 3.72. The molecule has 5 heteroatoms. The van der Waals surface area contributed by atoms with Crippen LogP contribution in [-0.2, 0) is 4.79 Å². The van der Waals surface area contributed by atoms with Gasteiger partial charge in [-0.2, -0.15) is 0 Å². The van der Waals surface area contributed by atoms with Crippen LogP contribution >= 0.6 is 11.8 Å². The van der Waals surface area contributed by atoms with Gasteiger partial charge in [0.15, 0.2) is 0 Å². The molecule has 0 saturated carbocycles. The van der Waals surface area contributed by atoms with Crippen LogP contribution in [0.15, 0.2) is 41.8 Å². The van der Waals surface area contributed by atoms with E-state index in [1.54, 1.807) is 18.9 Å². The van der Waals surface area contributed by atoms with E-state index in [0.717, 1.165) is 30.3 Å². The van der Waals surface area contributed by atoms with Crippen molar-refractivity contribution in [2.45, 2.75) is 30.8 Å². The minimum Gasteiger partial charge on any atom is -0.497 e. The Morgan fingerprint density at radius 3 is 2.87 bits per heavy atom. The number of carbonyl (C=O) groups excluding carboxylic acids is 1. The van der Waals surface area contributed by atoms with Crippen molar-refractivity contribution < 1.29 is 9.53 Å². The predicted octanol–water partition coefficient (Wildman–Crippen LogP) is 2.89. The standard InChI is InChI=1S/C18H26N2O2S/c1-5-9-19-11-15(3)20(12-14(19)2)18(21)13-23-17-8-6-7-16(10-17)22-4/h5-8,10,14-15H,1,9,11-13H2,2-4H3/t14-,15-/m1/s1. The molecule has 1 heterocycles. The van der Waals surface area contributed by atoms with Gasteiger partial charge in [-0.3, -0.25) is 9.69 Å². The average Bonchev–Trinajstić information content (AvgIpc) is 2.56. The summed E-state index contributed by atoms with van der Waals surface area (Å²) < 4.78 is 5.22. The van der Waals surface area contributed by atoms with Crippen LogP contribution in [0, 0.1) is 0 Å². The van der Waals surface area contributed by atoms with E-state index < -0.39 is 0 Å². The fraction of sp³-hybridized carbons (Fsp3) is 0.500. The third-order valence-electron chi connectivity index (χ3n) is 4.20. The first-order valence-corrected chi connectivity index (χ1v) is 8.95. The summed E-state index contributed by atoms with van der Waals surface area (Å²) in [6, 6.07) is 8.44. The summed E-state index contributed by atoms with van der Waals surface area (Å²) in [4.78, 5) is 18.0. The first-order valence-electron chi connectivity index (χ1n) is 7.96.